The van der Waals surface area contributed by atoms with Crippen LogP contribution in [0.3, 0.4) is 0 Å². The molecule has 0 radical (unpaired) electrons. The van der Waals surface area contributed by atoms with Gasteiger partial charge in [0.2, 0.25) is 0 Å². The van der Waals surface area contributed by atoms with E-state index in [1.807, 2.05) is 20.2 Å². The Labute approximate surface area is 92.2 Å². The molecule has 2 N–H and O–H groups in total. The molecule has 0 bridgehead atoms. The molecule has 1 aromatic heterocycles. The second-order valence-electron chi connectivity index (χ2n) is 3.31. The normalized spacial score (nSPS) is 18.1. The summed E-state index contributed by atoms with van der Waals surface area (Å²) in [6, 6.07) is 0. The van der Waals surface area contributed by atoms with E-state index in [2.05, 4.69) is 15.7 Å². The smallest absolute Gasteiger partial charge is 0.273 e. The highest BCUT2D eigenvalue weighted by molar-refractivity contribution is 7.80. The van der Waals surface area contributed by atoms with Crippen molar-refractivity contribution >= 4 is 29.3 Å². The van der Waals surface area contributed by atoms with E-state index < -0.39 is 0 Å². The van der Waals surface area contributed by atoms with Crippen LogP contribution in [0, 0.1) is 6.92 Å². The summed E-state index contributed by atoms with van der Waals surface area (Å²) < 4.78 is 1.70. The maximum Gasteiger partial charge on any atom is 0.273 e. The Hall–Kier alpha value is -1.69. The van der Waals surface area contributed by atoms with Crippen molar-refractivity contribution < 1.29 is 4.79 Å². The second kappa shape index (κ2) is 3.47. The number of carbonyl (C=O) groups excluding carboxylic acids is 1. The predicted molar refractivity (Wildman–Crippen MR) is 59.8 cm³/mol. The maximum atomic E-state index is 11.4. The molecular formula is C9H10N4OS. The summed E-state index contributed by atoms with van der Waals surface area (Å²) in [4.78, 5) is 11.4. The largest absolute Gasteiger partial charge is 0.328 e. The fourth-order valence-corrected chi connectivity index (χ4v) is 1.60. The molecule has 6 heteroatoms. The van der Waals surface area contributed by atoms with Gasteiger partial charge in [0, 0.05) is 18.8 Å². The van der Waals surface area contributed by atoms with Gasteiger partial charge in [0.05, 0.1) is 5.69 Å². The molecule has 1 amide bonds. The van der Waals surface area contributed by atoms with Crippen molar-refractivity contribution in [3.05, 3.63) is 23.2 Å². The zero-order valence-electron chi connectivity index (χ0n) is 8.37. The molecule has 1 aliphatic heterocycles. The Morgan fingerprint density at radius 1 is 1.53 bits per heavy atom. The van der Waals surface area contributed by atoms with Crippen LogP contribution in [0.5, 0.6) is 0 Å². The third-order valence-corrected chi connectivity index (χ3v) is 2.28. The van der Waals surface area contributed by atoms with Crippen LogP contribution >= 0.6 is 12.2 Å². The number of nitrogens with one attached hydrogen (secondary N) is 2. The van der Waals surface area contributed by atoms with Crippen LogP contribution < -0.4 is 10.6 Å². The van der Waals surface area contributed by atoms with E-state index in [9.17, 15) is 4.79 Å². The number of rotatable bonds is 1. The van der Waals surface area contributed by atoms with Crippen LogP contribution in [0.1, 0.15) is 11.3 Å². The molecule has 2 heterocycles. The molecule has 0 spiro atoms. The topological polar surface area (TPSA) is 59.0 Å². The fraction of sp³-hybridized carbons (Fsp3) is 0.222. The molecule has 0 saturated carbocycles. The first-order valence-electron chi connectivity index (χ1n) is 4.40. The molecule has 1 saturated heterocycles. The number of aromatic nitrogens is 2. The van der Waals surface area contributed by atoms with Crippen molar-refractivity contribution in [2.45, 2.75) is 6.92 Å². The standard InChI is InChI=1S/C9H10N4OS/c1-5-6(4-13(2)12-5)3-7-8(14)11-9(15)10-7/h3-4H,1-2H3,(H2,10,11,14,15)/b7-3+. The van der Waals surface area contributed by atoms with Gasteiger partial charge in [0.1, 0.15) is 5.70 Å². The van der Waals surface area contributed by atoms with Gasteiger partial charge in [-0.25, -0.2) is 0 Å². The first-order chi connectivity index (χ1) is 7.06. The molecule has 0 aromatic carbocycles. The van der Waals surface area contributed by atoms with E-state index in [0.717, 1.165) is 11.3 Å². The molecule has 0 atom stereocenters. The van der Waals surface area contributed by atoms with Crippen molar-refractivity contribution in [3.8, 4) is 0 Å². The van der Waals surface area contributed by atoms with Gasteiger partial charge in [-0.2, -0.15) is 5.10 Å². The van der Waals surface area contributed by atoms with Crippen molar-refractivity contribution in [2.75, 3.05) is 0 Å². The van der Waals surface area contributed by atoms with E-state index in [1.54, 1.807) is 10.8 Å². The van der Waals surface area contributed by atoms with Gasteiger partial charge in [-0.15, -0.1) is 0 Å². The molecular weight excluding hydrogens is 212 g/mol. The second-order valence-corrected chi connectivity index (χ2v) is 3.72. The summed E-state index contributed by atoms with van der Waals surface area (Å²) in [6.45, 7) is 1.89. The third kappa shape index (κ3) is 1.89. The lowest BCUT2D eigenvalue weighted by Gasteiger charge is -1.93. The number of amides is 1. The van der Waals surface area contributed by atoms with Gasteiger partial charge >= 0.3 is 0 Å². The number of aryl methyl sites for hydroxylation is 2. The lowest BCUT2D eigenvalue weighted by molar-refractivity contribution is -0.115. The van der Waals surface area contributed by atoms with Gasteiger partial charge in [-0.05, 0) is 25.2 Å². The summed E-state index contributed by atoms with van der Waals surface area (Å²) in [5.41, 5.74) is 2.23. The minimum absolute atomic E-state index is 0.205. The Morgan fingerprint density at radius 3 is 2.73 bits per heavy atom. The highest BCUT2D eigenvalue weighted by Gasteiger charge is 2.20. The van der Waals surface area contributed by atoms with E-state index >= 15 is 0 Å². The van der Waals surface area contributed by atoms with E-state index in [0.29, 0.717) is 10.8 Å². The summed E-state index contributed by atoms with van der Waals surface area (Å²) in [6.07, 6.45) is 3.58. The molecule has 0 aliphatic carbocycles. The molecule has 78 valence electrons. The zero-order chi connectivity index (χ0) is 11.0. The predicted octanol–water partition coefficient (Wildman–Crippen LogP) is 0.0737. The number of carbonyl (C=O) groups is 1. The van der Waals surface area contributed by atoms with Crippen LogP contribution in [0.2, 0.25) is 0 Å². The van der Waals surface area contributed by atoms with Crippen molar-refractivity contribution in [3.63, 3.8) is 0 Å². The van der Waals surface area contributed by atoms with Gasteiger partial charge in [-0.1, -0.05) is 0 Å². The first kappa shape index (κ1) is 9.85. The minimum Gasteiger partial charge on any atom is -0.328 e. The van der Waals surface area contributed by atoms with E-state index in [1.165, 1.54) is 0 Å². The van der Waals surface area contributed by atoms with Crippen LogP contribution in [-0.4, -0.2) is 20.8 Å². The van der Waals surface area contributed by atoms with Crippen LogP contribution in [0.15, 0.2) is 11.9 Å². The lowest BCUT2D eigenvalue weighted by Crippen LogP contribution is -2.21. The quantitative estimate of drug-likeness (QED) is 0.521. The molecule has 1 aliphatic rings. The average Bonchev–Trinajstić information content (AvgIpc) is 2.58. The Morgan fingerprint density at radius 2 is 2.27 bits per heavy atom. The lowest BCUT2D eigenvalue weighted by atomic mass is 10.2. The Bertz CT molecular complexity index is 474. The molecule has 5 nitrogen and oxygen atoms in total. The molecule has 0 unspecified atom stereocenters. The van der Waals surface area contributed by atoms with Crippen molar-refractivity contribution in [2.24, 2.45) is 7.05 Å². The molecule has 1 aromatic rings. The maximum absolute atomic E-state index is 11.4. The summed E-state index contributed by atoms with van der Waals surface area (Å²) in [7, 11) is 1.84. The number of hydrogen-bond donors (Lipinski definition) is 2. The van der Waals surface area contributed by atoms with E-state index in [4.69, 9.17) is 12.2 Å². The molecule has 15 heavy (non-hydrogen) atoms. The fourth-order valence-electron chi connectivity index (χ4n) is 1.40. The third-order valence-electron chi connectivity index (χ3n) is 2.07. The van der Waals surface area contributed by atoms with Crippen LogP contribution in [-0.2, 0) is 11.8 Å². The van der Waals surface area contributed by atoms with Crippen LogP contribution in [0.4, 0.5) is 0 Å². The highest BCUT2D eigenvalue weighted by Crippen LogP contribution is 2.11. The first-order valence-corrected chi connectivity index (χ1v) is 4.81. The average molecular weight is 222 g/mol. The number of thiocarbonyl (C=S) groups is 1. The van der Waals surface area contributed by atoms with Crippen LogP contribution in [0.25, 0.3) is 6.08 Å². The minimum atomic E-state index is -0.205. The molecule has 2 rings (SSSR count). The number of nitrogens with zero attached hydrogens (tertiary/aromatic N) is 2. The monoisotopic (exact) mass is 222 g/mol. The number of hydrogen-bond acceptors (Lipinski definition) is 3. The van der Waals surface area contributed by atoms with Gasteiger partial charge < -0.3 is 5.32 Å². The van der Waals surface area contributed by atoms with Gasteiger partial charge in [0.25, 0.3) is 5.91 Å². The summed E-state index contributed by atoms with van der Waals surface area (Å²) in [5, 5.41) is 9.80. The molecule has 1 fully saturated rings. The highest BCUT2D eigenvalue weighted by atomic mass is 32.1. The summed E-state index contributed by atoms with van der Waals surface area (Å²) in [5.74, 6) is -0.205. The van der Waals surface area contributed by atoms with E-state index in [-0.39, 0.29) is 5.91 Å². The van der Waals surface area contributed by atoms with Gasteiger partial charge in [-0.3, -0.25) is 14.8 Å². The zero-order valence-corrected chi connectivity index (χ0v) is 9.18. The summed E-state index contributed by atoms with van der Waals surface area (Å²) >= 11 is 4.82. The van der Waals surface area contributed by atoms with Crippen molar-refractivity contribution in [1.82, 2.24) is 20.4 Å². The Kier molecular flexibility index (Phi) is 2.28. The Balaban J connectivity index is 2.34. The SMILES string of the molecule is Cc1nn(C)cc1/C=C1/NC(=S)NC1=O. The van der Waals surface area contributed by atoms with Crippen molar-refractivity contribution in [1.29, 1.82) is 0 Å². The van der Waals surface area contributed by atoms with Gasteiger partial charge in [0.15, 0.2) is 5.11 Å².